The van der Waals surface area contributed by atoms with Crippen molar-refractivity contribution in [3.8, 4) is 0 Å². The third kappa shape index (κ3) is 4.05. The topological polar surface area (TPSA) is 38.3 Å². The molecule has 0 atom stereocenters. The van der Waals surface area contributed by atoms with Gasteiger partial charge in [-0.25, -0.2) is 0 Å². The van der Waals surface area contributed by atoms with Crippen molar-refractivity contribution >= 4 is 17.2 Å². The predicted octanol–water partition coefficient (Wildman–Crippen LogP) is 1.05. The molecule has 13 heavy (non-hydrogen) atoms. The van der Waals surface area contributed by atoms with Crippen molar-refractivity contribution < 1.29 is 9.53 Å². The second-order valence-corrected chi connectivity index (χ2v) is 3.64. The molecule has 0 aromatic carbocycles. The summed E-state index contributed by atoms with van der Waals surface area (Å²) in [6, 6.07) is 4.07. The number of rotatable bonds is 5. The highest BCUT2D eigenvalue weighted by Gasteiger charge is 1.98. The Labute approximate surface area is 81.7 Å². The highest BCUT2D eigenvalue weighted by molar-refractivity contribution is 7.09. The zero-order valence-corrected chi connectivity index (χ0v) is 8.39. The number of methoxy groups -OCH3 is 1. The Bertz CT molecular complexity index is 246. The molecule has 1 heterocycles. The summed E-state index contributed by atoms with van der Waals surface area (Å²) < 4.78 is 4.68. The molecule has 3 nitrogen and oxygen atoms in total. The summed E-state index contributed by atoms with van der Waals surface area (Å²) in [5.74, 6) is -0.0564. The van der Waals surface area contributed by atoms with Crippen molar-refractivity contribution in [3.05, 3.63) is 22.4 Å². The van der Waals surface area contributed by atoms with Crippen LogP contribution in [0.5, 0.6) is 0 Å². The molecule has 0 aliphatic carbocycles. The van der Waals surface area contributed by atoms with Crippen LogP contribution >= 0.6 is 11.3 Å². The Balaban J connectivity index is 2.11. The number of thiophene rings is 1. The Hall–Kier alpha value is -0.870. The third-order valence-electron chi connectivity index (χ3n) is 1.55. The third-order valence-corrected chi connectivity index (χ3v) is 2.49. The van der Waals surface area contributed by atoms with Crippen LogP contribution in [-0.2, 0) is 16.0 Å². The molecule has 1 aromatic rings. The van der Waals surface area contributed by atoms with E-state index >= 15 is 0 Å². The largest absolute Gasteiger partial charge is 0.375 e. The molecule has 72 valence electrons. The van der Waals surface area contributed by atoms with Gasteiger partial charge in [-0.3, -0.25) is 4.79 Å². The van der Waals surface area contributed by atoms with E-state index in [-0.39, 0.29) is 12.5 Å². The summed E-state index contributed by atoms with van der Waals surface area (Å²) in [4.78, 5) is 12.2. The number of hydrogen-bond acceptors (Lipinski definition) is 3. The van der Waals surface area contributed by atoms with Gasteiger partial charge in [-0.2, -0.15) is 0 Å². The molecule has 4 heteroatoms. The van der Waals surface area contributed by atoms with Gasteiger partial charge >= 0.3 is 0 Å². The first kappa shape index (κ1) is 10.2. The number of carbonyl (C=O) groups excluding carboxylic acids is 1. The molecule has 0 fully saturated rings. The zero-order valence-electron chi connectivity index (χ0n) is 7.58. The van der Waals surface area contributed by atoms with E-state index in [1.807, 2.05) is 11.4 Å². The number of nitrogens with one attached hydrogen (secondary N) is 1. The van der Waals surface area contributed by atoms with Gasteiger partial charge in [-0.15, -0.1) is 11.3 Å². The van der Waals surface area contributed by atoms with Gasteiger partial charge < -0.3 is 10.1 Å². The summed E-state index contributed by atoms with van der Waals surface area (Å²) >= 11 is 1.71. The Kier molecular flexibility index (Phi) is 4.49. The molecule has 0 aliphatic heterocycles. The van der Waals surface area contributed by atoms with Crippen LogP contribution in [0.3, 0.4) is 0 Å². The van der Waals surface area contributed by atoms with Gasteiger partial charge in [0, 0.05) is 18.5 Å². The first-order valence-corrected chi connectivity index (χ1v) is 4.99. The maximum Gasteiger partial charge on any atom is 0.245 e. The highest BCUT2D eigenvalue weighted by Crippen LogP contribution is 2.07. The lowest BCUT2D eigenvalue weighted by atomic mass is 10.3. The standard InChI is InChI=1S/C9H13NO2S/c1-12-7-9(11)10-5-4-8-3-2-6-13-8/h2-3,6H,4-5,7H2,1H3,(H,10,11). The quantitative estimate of drug-likeness (QED) is 0.770. The van der Waals surface area contributed by atoms with Gasteiger partial charge in [-0.1, -0.05) is 6.07 Å². The zero-order chi connectivity index (χ0) is 9.52. The van der Waals surface area contributed by atoms with Crippen LogP contribution in [-0.4, -0.2) is 26.2 Å². The van der Waals surface area contributed by atoms with Crippen LogP contribution in [0.15, 0.2) is 17.5 Å². The van der Waals surface area contributed by atoms with Gasteiger partial charge in [0.1, 0.15) is 6.61 Å². The Morgan fingerprint density at radius 2 is 2.54 bits per heavy atom. The van der Waals surface area contributed by atoms with Crippen LogP contribution in [0.25, 0.3) is 0 Å². The lowest BCUT2D eigenvalue weighted by Crippen LogP contribution is -2.28. The Morgan fingerprint density at radius 3 is 3.15 bits per heavy atom. The van der Waals surface area contributed by atoms with E-state index in [1.165, 1.54) is 12.0 Å². The van der Waals surface area contributed by atoms with Crippen molar-refractivity contribution in [2.75, 3.05) is 20.3 Å². The van der Waals surface area contributed by atoms with Crippen LogP contribution in [0.1, 0.15) is 4.88 Å². The molecule has 1 N–H and O–H groups in total. The Morgan fingerprint density at radius 1 is 1.69 bits per heavy atom. The van der Waals surface area contributed by atoms with E-state index in [9.17, 15) is 4.79 Å². The summed E-state index contributed by atoms with van der Waals surface area (Å²) in [6.45, 7) is 0.827. The van der Waals surface area contributed by atoms with Crippen molar-refractivity contribution in [1.29, 1.82) is 0 Å². The lowest BCUT2D eigenvalue weighted by Gasteiger charge is -2.02. The number of carbonyl (C=O) groups is 1. The van der Waals surface area contributed by atoms with Gasteiger partial charge in [-0.05, 0) is 17.9 Å². The molecule has 0 radical (unpaired) electrons. The molecule has 0 unspecified atom stereocenters. The fourth-order valence-electron chi connectivity index (χ4n) is 0.962. The lowest BCUT2D eigenvalue weighted by molar-refractivity contribution is -0.124. The van der Waals surface area contributed by atoms with E-state index in [4.69, 9.17) is 0 Å². The molecular formula is C9H13NO2S. The van der Waals surface area contributed by atoms with E-state index in [1.54, 1.807) is 11.3 Å². The van der Waals surface area contributed by atoms with Gasteiger partial charge in [0.15, 0.2) is 0 Å². The maximum atomic E-state index is 10.9. The van der Waals surface area contributed by atoms with E-state index in [0.717, 1.165) is 6.42 Å². The van der Waals surface area contributed by atoms with Crippen molar-refractivity contribution in [2.45, 2.75) is 6.42 Å². The molecule has 1 aromatic heterocycles. The minimum absolute atomic E-state index is 0.0564. The molecule has 1 amide bonds. The van der Waals surface area contributed by atoms with Gasteiger partial charge in [0.2, 0.25) is 5.91 Å². The molecule has 1 rings (SSSR count). The molecule has 0 spiro atoms. The van der Waals surface area contributed by atoms with Crippen LogP contribution in [0, 0.1) is 0 Å². The average Bonchev–Trinajstić information content (AvgIpc) is 2.57. The summed E-state index contributed by atoms with van der Waals surface area (Å²) in [5, 5.41) is 4.80. The SMILES string of the molecule is COCC(=O)NCCc1cccs1. The van der Waals surface area contributed by atoms with Gasteiger partial charge in [0.25, 0.3) is 0 Å². The summed E-state index contributed by atoms with van der Waals surface area (Å²) in [6.07, 6.45) is 0.896. The smallest absolute Gasteiger partial charge is 0.245 e. The molecule has 0 saturated heterocycles. The molecule has 0 aliphatic rings. The van der Waals surface area contributed by atoms with E-state index in [2.05, 4.69) is 16.1 Å². The predicted molar refractivity (Wildman–Crippen MR) is 52.9 cm³/mol. The maximum absolute atomic E-state index is 10.9. The monoisotopic (exact) mass is 199 g/mol. The second kappa shape index (κ2) is 5.72. The minimum atomic E-state index is -0.0564. The molecule has 0 saturated carbocycles. The first-order valence-electron chi connectivity index (χ1n) is 4.11. The fourth-order valence-corrected chi connectivity index (χ4v) is 1.67. The van der Waals surface area contributed by atoms with Crippen molar-refractivity contribution in [3.63, 3.8) is 0 Å². The number of ether oxygens (including phenoxy) is 1. The fraction of sp³-hybridized carbons (Fsp3) is 0.444. The highest BCUT2D eigenvalue weighted by atomic mass is 32.1. The summed E-state index contributed by atoms with van der Waals surface area (Å²) in [5.41, 5.74) is 0. The van der Waals surface area contributed by atoms with Gasteiger partial charge in [0.05, 0.1) is 0 Å². The molecular weight excluding hydrogens is 186 g/mol. The van der Waals surface area contributed by atoms with Crippen LogP contribution in [0.2, 0.25) is 0 Å². The van der Waals surface area contributed by atoms with E-state index in [0.29, 0.717) is 6.54 Å². The van der Waals surface area contributed by atoms with Crippen molar-refractivity contribution in [2.24, 2.45) is 0 Å². The number of amides is 1. The average molecular weight is 199 g/mol. The van der Waals surface area contributed by atoms with E-state index < -0.39 is 0 Å². The number of hydrogen-bond donors (Lipinski definition) is 1. The van der Waals surface area contributed by atoms with Crippen molar-refractivity contribution in [1.82, 2.24) is 5.32 Å². The second-order valence-electron chi connectivity index (χ2n) is 2.61. The minimum Gasteiger partial charge on any atom is -0.375 e. The summed E-state index contributed by atoms with van der Waals surface area (Å²) in [7, 11) is 1.51. The van der Waals surface area contributed by atoms with Crippen LogP contribution in [0.4, 0.5) is 0 Å². The van der Waals surface area contributed by atoms with Crippen LogP contribution < -0.4 is 5.32 Å². The normalized spacial score (nSPS) is 9.92. The molecule has 0 bridgehead atoms. The first-order chi connectivity index (χ1) is 6.33.